The Morgan fingerprint density at radius 2 is 0.957 bits per heavy atom. The summed E-state index contributed by atoms with van der Waals surface area (Å²) in [7, 11) is 0. The summed E-state index contributed by atoms with van der Waals surface area (Å²) in [6.45, 7) is 7.27. The molecule has 0 amide bonds. The van der Waals surface area contributed by atoms with Crippen LogP contribution >= 0.6 is 0 Å². The average Bonchev–Trinajstić information content (AvgIpc) is 3.08. The molecule has 268 valence electrons. The normalized spacial score (nSPS) is 12.6. The number of hydrogen-bond acceptors (Lipinski definition) is 7. The van der Waals surface area contributed by atoms with E-state index in [2.05, 4.69) is 29.8 Å². The molecule has 2 atom stereocenters. The third-order valence-electron chi connectivity index (χ3n) is 8.54. The number of nitrogens with one attached hydrogen (secondary N) is 3. The molecule has 2 rings (SSSR count). The molecule has 2 aromatic carbocycles. The van der Waals surface area contributed by atoms with E-state index >= 15 is 0 Å². The summed E-state index contributed by atoms with van der Waals surface area (Å²) >= 11 is 0. The first-order valence-electron chi connectivity index (χ1n) is 19.1. The minimum atomic E-state index is -0.618. The van der Waals surface area contributed by atoms with Crippen molar-refractivity contribution in [2.45, 2.75) is 142 Å². The molecule has 0 fully saturated rings. The Morgan fingerprint density at radius 1 is 0.511 bits per heavy atom. The van der Waals surface area contributed by atoms with Crippen molar-refractivity contribution in [1.82, 2.24) is 0 Å². The Morgan fingerprint density at radius 3 is 1.45 bits per heavy atom. The molecule has 0 radical (unpaired) electrons. The summed E-state index contributed by atoms with van der Waals surface area (Å²) in [6.07, 6.45) is 21.9. The molecule has 0 aliphatic heterocycles. The van der Waals surface area contributed by atoms with Gasteiger partial charge in [-0.05, 0) is 43.2 Å². The second-order valence-corrected chi connectivity index (χ2v) is 13.1. The Balaban J connectivity index is 1.70. The maximum Gasteiger partial charge on any atom is 0.0945 e. The van der Waals surface area contributed by atoms with E-state index in [9.17, 15) is 10.2 Å². The van der Waals surface area contributed by atoms with Gasteiger partial charge >= 0.3 is 0 Å². The smallest absolute Gasteiger partial charge is 0.0945 e. The molecule has 0 spiro atoms. The molecule has 7 nitrogen and oxygen atoms in total. The molecule has 0 aliphatic carbocycles. The quantitative estimate of drug-likeness (QED) is 0.0501. The number of ether oxygens (including phenoxy) is 2. The van der Waals surface area contributed by atoms with Gasteiger partial charge in [-0.2, -0.15) is 0 Å². The Kier molecular flexibility index (Phi) is 24.9. The maximum absolute atomic E-state index is 10.6. The van der Waals surface area contributed by atoms with E-state index in [1.807, 2.05) is 48.5 Å². The fourth-order valence-corrected chi connectivity index (χ4v) is 5.65. The van der Waals surface area contributed by atoms with Crippen LogP contribution in [-0.4, -0.2) is 61.9 Å². The molecule has 2 unspecified atom stereocenters. The van der Waals surface area contributed by atoms with Crippen LogP contribution in [0.3, 0.4) is 0 Å². The van der Waals surface area contributed by atoms with Gasteiger partial charge in [-0.15, -0.1) is 0 Å². The zero-order valence-electron chi connectivity index (χ0n) is 30.0. The highest BCUT2D eigenvalue weighted by Crippen LogP contribution is 2.28. The maximum atomic E-state index is 10.6. The van der Waals surface area contributed by atoms with Gasteiger partial charge in [-0.1, -0.05) is 135 Å². The molecule has 0 heterocycles. The van der Waals surface area contributed by atoms with Crippen molar-refractivity contribution in [2.75, 3.05) is 55.5 Å². The van der Waals surface area contributed by atoms with E-state index in [1.54, 1.807) is 0 Å². The molecule has 2 aromatic rings. The highest BCUT2D eigenvalue weighted by Gasteiger charge is 2.11. The van der Waals surface area contributed by atoms with Crippen LogP contribution in [0.5, 0.6) is 0 Å². The Labute approximate surface area is 287 Å². The van der Waals surface area contributed by atoms with Crippen molar-refractivity contribution in [3.63, 3.8) is 0 Å². The summed E-state index contributed by atoms with van der Waals surface area (Å²) in [4.78, 5) is 0. The molecule has 5 N–H and O–H groups in total. The number of unbranched alkanes of at least 4 members (excludes halogenated alkanes) is 16. The van der Waals surface area contributed by atoms with Crippen LogP contribution in [0.25, 0.3) is 0 Å². The predicted octanol–water partition coefficient (Wildman–Crippen LogP) is 10.1. The standard InChI is InChI=1S/C40H69N3O4/c1-3-5-7-9-11-13-15-17-22-28-46-33-37(44)31-41-39-27-26-36(43-35-24-20-19-21-25-35)30-40(39)42-32-38(45)34-47-29-23-18-16-14-12-10-8-6-4-2/h19-21,24-27,30,37-38,41-45H,3-18,22-23,28-29,31-34H2,1-2H3. The van der Waals surface area contributed by atoms with Crippen LogP contribution in [0.15, 0.2) is 48.5 Å². The van der Waals surface area contributed by atoms with E-state index in [4.69, 9.17) is 9.47 Å². The van der Waals surface area contributed by atoms with E-state index in [0.717, 1.165) is 35.6 Å². The van der Waals surface area contributed by atoms with Crippen LogP contribution < -0.4 is 16.0 Å². The van der Waals surface area contributed by atoms with Crippen molar-refractivity contribution in [3.05, 3.63) is 48.5 Å². The molecular formula is C40H69N3O4. The van der Waals surface area contributed by atoms with E-state index < -0.39 is 12.2 Å². The average molecular weight is 656 g/mol. The summed E-state index contributed by atoms with van der Waals surface area (Å²) in [5.41, 5.74) is 3.66. The molecular weight excluding hydrogens is 586 g/mol. The summed E-state index contributed by atoms with van der Waals surface area (Å²) in [6, 6.07) is 16.1. The number of para-hydroxylation sites is 1. The minimum Gasteiger partial charge on any atom is -0.389 e. The van der Waals surface area contributed by atoms with E-state index in [1.165, 1.54) is 103 Å². The van der Waals surface area contributed by atoms with Crippen molar-refractivity contribution in [2.24, 2.45) is 0 Å². The number of aliphatic hydroxyl groups excluding tert-OH is 2. The first kappa shape index (κ1) is 40.9. The summed E-state index contributed by atoms with van der Waals surface area (Å²) in [5.74, 6) is 0. The fourth-order valence-electron chi connectivity index (χ4n) is 5.65. The zero-order valence-corrected chi connectivity index (χ0v) is 30.0. The lowest BCUT2D eigenvalue weighted by atomic mass is 10.1. The van der Waals surface area contributed by atoms with Crippen LogP contribution in [-0.2, 0) is 9.47 Å². The highest BCUT2D eigenvalue weighted by atomic mass is 16.5. The van der Waals surface area contributed by atoms with Gasteiger partial charge in [0.15, 0.2) is 0 Å². The van der Waals surface area contributed by atoms with Crippen molar-refractivity contribution >= 4 is 22.7 Å². The molecule has 0 aromatic heterocycles. The van der Waals surface area contributed by atoms with Gasteiger partial charge in [-0.3, -0.25) is 0 Å². The van der Waals surface area contributed by atoms with E-state index in [0.29, 0.717) is 39.5 Å². The van der Waals surface area contributed by atoms with Gasteiger partial charge in [0.1, 0.15) is 0 Å². The van der Waals surface area contributed by atoms with Crippen molar-refractivity contribution in [1.29, 1.82) is 0 Å². The lowest BCUT2D eigenvalue weighted by molar-refractivity contribution is 0.0414. The molecule has 7 heteroatoms. The van der Waals surface area contributed by atoms with Crippen LogP contribution in [0.2, 0.25) is 0 Å². The largest absolute Gasteiger partial charge is 0.389 e. The van der Waals surface area contributed by atoms with Gasteiger partial charge in [0.05, 0.1) is 36.8 Å². The van der Waals surface area contributed by atoms with Crippen LogP contribution in [0, 0.1) is 0 Å². The lowest BCUT2D eigenvalue weighted by Gasteiger charge is -2.20. The van der Waals surface area contributed by atoms with Gasteiger partial charge in [0.2, 0.25) is 0 Å². The first-order chi connectivity index (χ1) is 23.1. The van der Waals surface area contributed by atoms with Gasteiger partial charge in [0.25, 0.3) is 0 Å². The summed E-state index contributed by atoms with van der Waals surface area (Å²) in [5, 5.41) is 31.4. The molecule has 0 bridgehead atoms. The third-order valence-corrected chi connectivity index (χ3v) is 8.54. The number of anilines is 4. The number of benzene rings is 2. The third kappa shape index (κ3) is 22.0. The number of rotatable bonds is 32. The fraction of sp³-hybridized carbons (Fsp3) is 0.700. The Bertz CT molecular complexity index is 977. The van der Waals surface area contributed by atoms with Gasteiger partial charge < -0.3 is 35.6 Å². The molecule has 0 saturated heterocycles. The monoisotopic (exact) mass is 656 g/mol. The van der Waals surface area contributed by atoms with Gasteiger partial charge in [0, 0.05) is 37.7 Å². The number of aliphatic hydroxyl groups is 2. The van der Waals surface area contributed by atoms with Crippen LogP contribution in [0.1, 0.15) is 129 Å². The minimum absolute atomic E-state index is 0.309. The van der Waals surface area contributed by atoms with E-state index in [-0.39, 0.29) is 0 Å². The topological polar surface area (TPSA) is 95.0 Å². The zero-order chi connectivity index (χ0) is 33.6. The second kappa shape index (κ2) is 28.7. The van der Waals surface area contributed by atoms with Crippen molar-refractivity contribution in [3.8, 4) is 0 Å². The molecule has 0 saturated carbocycles. The SMILES string of the molecule is CCCCCCCCCCCOCC(O)CNc1ccc(Nc2ccccc2)cc1NCC(O)COCCCCCCCCCCC. The summed E-state index contributed by atoms with van der Waals surface area (Å²) < 4.78 is 11.5. The number of hydrogen-bond donors (Lipinski definition) is 5. The second-order valence-electron chi connectivity index (χ2n) is 13.1. The molecule has 0 aliphatic rings. The Hall–Kier alpha value is -2.32. The van der Waals surface area contributed by atoms with Crippen LogP contribution in [0.4, 0.5) is 22.7 Å². The van der Waals surface area contributed by atoms with Crippen molar-refractivity contribution < 1.29 is 19.7 Å². The predicted molar refractivity (Wildman–Crippen MR) is 201 cm³/mol. The highest BCUT2D eigenvalue weighted by molar-refractivity contribution is 5.76. The van der Waals surface area contributed by atoms with Gasteiger partial charge in [-0.25, -0.2) is 0 Å². The first-order valence-corrected chi connectivity index (χ1v) is 19.1. The lowest BCUT2D eigenvalue weighted by Crippen LogP contribution is -2.27. The molecule has 47 heavy (non-hydrogen) atoms.